The zero-order chi connectivity index (χ0) is 17.7. The van der Waals surface area contributed by atoms with Crippen LogP contribution in [0.25, 0.3) is 0 Å². The lowest BCUT2D eigenvalue weighted by Crippen LogP contribution is -2.39. The van der Waals surface area contributed by atoms with Crippen molar-refractivity contribution in [2.45, 2.75) is 24.0 Å². The zero-order valence-corrected chi connectivity index (χ0v) is 18.4. The van der Waals surface area contributed by atoms with E-state index in [2.05, 4.69) is 58.7 Å². The number of rotatable bonds is 9. The Kier molecular flexibility index (Phi) is 11.9. The fourth-order valence-electron chi connectivity index (χ4n) is 2.10. The minimum atomic E-state index is 0. The number of nitrogens with one attached hydrogen (secondary N) is 2. The first-order chi connectivity index (χ1) is 12.3. The third kappa shape index (κ3) is 9.28. The van der Waals surface area contributed by atoms with Crippen LogP contribution in [-0.2, 0) is 0 Å². The van der Waals surface area contributed by atoms with Gasteiger partial charge in [-0.25, -0.2) is 0 Å². The summed E-state index contributed by atoms with van der Waals surface area (Å²) < 4.78 is 5.63. The molecule has 0 amide bonds. The molecule has 26 heavy (non-hydrogen) atoms. The number of benzene rings is 1. The van der Waals surface area contributed by atoms with Gasteiger partial charge in [0.25, 0.3) is 0 Å². The van der Waals surface area contributed by atoms with E-state index in [0.717, 1.165) is 24.8 Å². The highest BCUT2D eigenvalue weighted by Crippen LogP contribution is 2.22. The molecule has 0 bridgehead atoms. The van der Waals surface area contributed by atoms with Crippen molar-refractivity contribution < 1.29 is 4.74 Å². The van der Waals surface area contributed by atoms with Crippen LogP contribution < -0.4 is 15.4 Å². The Morgan fingerprint density at radius 3 is 2.69 bits per heavy atom. The maximum Gasteiger partial charge on any atom is 0.191 e. The lowest BCUT2D eigenvalue weighted by atomic mass is 10.4. The van der Waals surface area contributed by atoms with Crippen molar-refractivity contribution in [1.29, 1.82) is 0 Å². The third-order valence-corrected chi connectivity index (χ3v) is 4.32. The monoisotopic (exact) mass is 486 g/mol. The van der Waals surface area contributed by atoms with Gasteiger partial charge in [-0.3, -0.25) is 9.98 Å². The predicted molar refractivity (Wildman–Crippen MR) is 121 cm³/mol. The fraction of sp³-hybridized carbons (Fsp3) is 0.368. The maximum atomic E-state index is 5.63. The third-order valence-electron chi connectivity index (χ3n) is 3.23. The van der Waals surface area contributed by atoms with E-state index in [1.165, 1.54) is 4.90 Å². The Bertz CT molecular complexity index is 628. The number of aromatic nitrogens is 1. The van der Waals surface area contributed by atoms with Crippen LogP contribution in [0.15, 0.2) is 64.7 Å². The number of halogens is 1. The summed E-state index contributed by atoms with van der Waals surface area (Å²) in [6.45, 7) is 7.07. The second-order valence-corrected chi connectivity index (χ2v) is 6.94. The molecule has 0 aliphatic heterocycles. The molecule has 0 radical (unpaired) electrons. The highest BCUT2D eigenvalue weighted by atomic mass is 127. The summed E-state index contributed by atoms with van der Waals surface area (Å²) in [5, 5.41) is 6.96. The van der Waals surface area contributed by atoms with Gasteiger partial charge >= 0.3 is 0 Å². The van der Waals surface area contributed by atoms with Crippen molar-refractivity contribution >= 4 is 41.7 Å². The molecule has 1 heterocycles. The number of guanidine groups is 1. The normalized spacial score (nSPS) is 12.0. The molecule has 1 atom stereocenters. The van der Waals surface area contributed by atoms with Crippen LogP contribution >= 0.6 is 35.7 Å². The minimum absolute atomic E-state index is 0. The minimum Gasteiger partial charge on any atom is -0.490 e. The first-order valence-corrected chi connectivity index (χ1v) is 9.42. The van der Waals surface area contributed by atoms with E-state index in [1.807, 2.05) is 30.0 Å². The van der Waals surface area contributed by atoms with Gasteiger partial charge in [-0.15, -0.1) is 35.7 Å². The quantitative estimate of drug-likeness (QED) is 0.186. The summed E-state index contributed by atoms with van der Waals surface area (Å²) in [4.78, 5) is 9.96. The van der Waals surface area contributed by atoms with Crippen LogP contribution in [-0.4, -0.2) is 42.4 Å². The Hall–Kier alpha value is -1.48. The number of hydrogen-bond donors (Lipinski definition) is 2. The van der Waals surface area contributed by atoms with E-state index < -0.39 is 0 Å². The molecule has 7 heteroatoms. The summed E-state index contributed by atoms with van der Waals surface area (Å²) in [5.41, 5.74) is 0. The van der Waals surface area contributed by atoms with Gasteiger partial charge in [0.05, 0.1) is 19.3 Å². The van der Waals surface area contributed by atoms with Crippen molar-refractivity contribution in [2.24, 2.45) is 4.99 Å². The second-order valence-electron chi connectivity index (χ2n) is 5.43. The lowest BCUT2D eigenvalue weighted by molar-refractivity contribution is 0.320. The van der Waals surface area contributed by atoms with E-state index in [1.54, 1.807) is 12.4 Å². The number of nitrogens with zero attached hydrogens (tertiary/aromatic N) is 2. The van der Waals surface area contributed by atoms with E-state index in [0.29, 0.717) is 18.4 Å². The number of hydrogen-bond acceptors (Lipinski definition) is 4. The summed E-state index contributed by atoms with van der Waals surface area (Å²) in [5.74, 6) is 1.59. The highest BCUT2D eigenvalue weighted by molar-refractivity contribution is 14.0. The number of thioether (sulfide) groups is 1. The molecule has 0 spiro atoms. The van der Waals surface area contributed by atoms with Gasteiger partial charge in [0.2, 0.25) is 0 Å². The number of aliphatic imine (C=N–C) groups is 1. The zero-order valence-electron chi connectivity index (χ0n) is 15.2. The number of ether oxygens (including phenoxy) is 1. The fourth-order valence-corrected chi connectivity index (χ4v) is 3.03. The van der Waals surface area contributed by atoms with Gasteiger partial charge in [0, 0.05) is 22.9 Å². The molecule has 1 aromatic carbocycles. The molecule has 0 saturated carbocycles. The second kappa shape index (κ2) is 13.7. The molecule has 0 saturated heterocycles. The van der Waals surface area contributed by atoms with Gasteiger partial charge < -0.3 is 15.4 Å². The molecule has 0 fully saturated rings. The average Bonchev–Trinajstić information content (AvgIpc) is 2.65. The van der Waals surface area contributed by atoms with Crippen LogP contribution in [0.5, 0.6) is 5.75 Å². The molecular formula is C19H27IN4OS. The standard InChI is InChI=1S/C19H26N4OS.HI/c1-3-21-19(22-12-13-24-17-8-7-11-20-15-17)23-14-16(2)25-18-9-5-4-6-10-18;/h4-11,15-16H,3,12-14H2,1-2H3,(H2,21,22,23);1H. The van der Waals surface area contributed by atoms with Crippen molar-refractivity contribution in [3.05, 3.63) is 54.9 Å². The van der Waals surface area contributed by atoms with Gasteiger partial charge in [-0.1, -0.05) is 25.1 Å². The summed E-state index contributed by atoms with van der Waals surface area (Å²) in [7, 11) is 0. The molecule has 2 N–H and O–H groups in total. The topological polar surface area (TPSA) is 58.5 Å². The molecular weight excluding hydrogens is 459 g/mol. The van der Waals surface area contributed by atoms with Crippen molar-refractivity contribution in [3.8, 4) is 5.75 Å². The van der Waals surface area contributed by atoms with Gasteiger partial charge in [-0.05, 0) is 31.2 Å². The maximum absolute atomic E-state index is 5.63. The first-order valence-electron chi connectivity index (χ1n) is 8.54. The number of pyridine rings is 1. The Morgan fingerprint density at radius 1 is 1.19 bits per heavy atom. The predicted octanol–water partition coefficient (Wildman–Crippen LogP) is 3.81. The SMILES string of the molecule is CCNC(=NCC(C)Sc1ccccc1)NCCOc1cccnc1.I. The van der Waals surface area contributed by atoms with Crippen molar-refractivity contribution in [2.75, 3.05) is 26.2 Å². The smallest absolute Gasteiger partial charge is 0.191 e. The van der Waals surface area contributed by atoms with E-state index in [9.17, 15) is 0 Å². The highest BCUT2D eigenvalue weighted by Gasteiger charge is 2.04. The van der Waals surface area contributed by atoms with Crippen LogP contribution in [0, 0.1) is 0 Å². The van der Waals surface area contributed by atoms with E-state index >= 15 is 0 Å². The molecule has 2 rings (SSSR count). The van der Waals surface area contributed by atoms with Crippen molar-refractivity contribution in [1.82, 2.24) is 15.6 Å². The molecule has 0 aliphatic carbocycles. The van der Waals surface area contributed by atoms with Crippen molar-refractivity contribution in [3.63, 3.8) is 0 Å². The Labute approximate surface area is 177 Å². The molecule has 1 aromatic heterocycles. The largest absolute Gasteiger partial charge is 0.490 e. The molecule has 5 nitrogen and oxygen atoms in total. The van der Waals surface area contributed by atoms with Crippen LogP contribution in [0.1, 0.15) is 13.8 Å². The van der Waals surface area contributed by atoms with E-state index in [-0.39, 0.29) is 24.0 Å². The Balaban J connectivity index is 0.00000338. The van der Waals surface area contributed by atoms with Gasteiger partial charge in [-0.2, -0.15) is 0 Å². The summed E-state index contributed by atoms with van der Waals surface area (Å²) in [6.07, 6.45) is 3.44. The molecule has 142 valence electrons. The summed E-state index contributed by atoms with van der Waals surface area (Å²) >= 11 is 1.83. The molecule has 2 aromatic rings. The Morgan fingerprint density at radius 2 is 2.00 bits per heavy atom. The van der Waals surface area contributed by atoms with Crippen LogP contribution in [0.3, 0.4) is 0 Å². The molecule has 0 aliphatic rings. The van der Waals surface area contributed by atoms with Gasteiger partial charge in [0.1, 0.15) is 12.4 Å². The first kappa shape index (κ1) is 22.6. The van der Waals surface area contributed by atoms with Crippen LogP contribution in [0.2, 0.25) is 0 Å². The van der Waals surface area contributed by atoms with Crippen LogP contribution in [0.4, 0.5) is 0 Å². The summed E-state index contributed by atoms with van der Waals surface area (Å²) in [6, 6.07) is 14.2. The van der Waals surface area contributed by atoms with E-state index in [4.69, 9.17) is 4.74 Å². The average molecular weight is 486 g/mol. The van der Waals surface area contributed by atoms with Gasteiger partial charge in [0.15, 0.2) is 5.96 Å². The molecule has 1 unspecified atom stereocenters. The lowest BCUT2D eigenvalue weighted by Gasteiger charge is -2.14.